The van der Waals surface area contributed by atoms with Crippen molar-refractivity contribution in [3.63, 3.8) is 0 Å². The molecule has 1 aliphatic heterocycles. The zero-order chi connectivity index (χ0) is 25.7. The number of halogens is 1. The van der Waals surface area contributed by atoms with Gasteiger partial charge in [-0.05, 0) is 54.7 Å². The van der Waals surface area contributed by atoms with Gasteiger partial charge in [0.25, 0.3) is 0 Å². The third-order valence-corrected chi connectivity index (χ3v) is 6.54. The Hall–Kier alpha value is -3.67. The fourth-order valence-corrected chi connectivity index (χ4v) is 4.40. The molecule has 0 amide bonds. The van der Waals surface area contributed by atoms with E-state index in [1.165, 1.54) is 6.92 Å². The lowest BCUT2D eigenvalue weighted by atomic mass is 9.99. The Morgan fingerprint density at radius 3 is 2.58 bits per heavy atom. The number of nitrogens with zero attached hydrogens (tertiary/aromatic N) is 1. The van der Waals surface area contributed by atoms with E-state index in [1.807, 2.05) is 37.3 Å². The minimum absolute atomic E-state index is 0.0105. The quantitative estimate of drug-likeness (QED) is 0.328. The summed E-state index contributed by atoms with van der Waals surface area (Å²) in [7, 11) is 0. The fourth-order valence-electron chi connectivity index (χ4n) is 4.40. The molecule has 0 radical (unpaired) electrons. The first-order valence-electron chi connectivity index (χ1n) is 12.5. The van der Waals surface area contributed by atoms with E-state index in [4.69, 9.17) is 4.74 Å². The number of aliphatic imine (C=N–C) groups is 1. The summed E-state index contributed by atoms with van der Waals surface area (Å²) in [6.07, 6.45) is 1.15. The van der Waals surface area contributed by atoms with E-state index in [0.717, 1.165) is 36.3 Å². The molecule has 5 nitrogen and oxygen atoms in total. The summed E-state index contributed by atoms with van der Waals surface area (Å²) in [5, 5.41) is 13.9. The first-order chi connectivity index (χ1) is 17.4. The number of rotatable bonds is 10. The highest BCUT2D eigenvalue weighted by molar-refractivity contribution is 6.00. The maximum Gasteiger partial charge on any atom is 0.163 e. The van der Waals surface area contributed by atoms with Crippen LogP contribution in [0.25, 0.3) is 0 Å². The van der Waals surface area contributed by atoms with E-state index in [1.54, 1.807) is 30.3 Å². The van der Waals surface area contributed by atoms with Gasteiger partial charge in [-0.15, -0.1) is 0 Å². The van der Waals surface area contributed by atoms with Crippen molar-refractivity contribution >= 4 is 11.6 Å². The Balaban J connectivity index is 1.45. The van der Waals surface area contributed by atoms with E-state index in [9.17, 15) is 9.90 Å². The first kappa shape index (κ1) is 25.4. The molecule has 3 aromatic rings. The Morgan fingerprint density at radius 1 is 1.14 bits per heavy atom. The lowest BCUT2D eigenvalue weighted by Gasteiger charge is -2.15. The molecule has 0 aliphatic carbocycles. The number of ether oxygens (including phenoxy) is 1. The van der Waals surface area contributed by atoms with Gasteiger partial charge < -0.3 is 15.2 Å². The molecule has 0 aromatic heterocycles. The molecule has 0 saturated carbocycles. The number of phenolic OH excluding ortho intramolecular Hbond substituents is 1. The van der Waals surface area contributed by atoms with Crippen LogP contribution in [0.15, 0.2) is 65.7 Å². The van der Waals surface area contributed by atoms with Crippen LogP contribution in [0.3, 0.4) is 0 Å². The second kappa shape index (κ2) is 11.4. The summed E-state index contributed by atoms with van der Waals surface area (Å²) >= 11 is 0. The lowest BCUT2D eigenvalue weighted by Crippen LogP contribution is -2.29. The number of hydrogen-bond acceptors (Lipinski definition) is 5. The molecule has 2 N–H and O–H groups in total. The smallest absolute Gasteiger partial charge is 0.163 e. The zero-order valence-electron chi connectivity index (χ0n) is 21.1. The Labute approximate surface area is 212 Å². The van der Waals surface area contributed by atoms with Crippen molar-refractivity contribution in [2.24, 2.45) is 4.99 Å². The van der Waals surface area contributed by atoms with Crippen LogP contribution in [-0.2, 0) is 13.0 Å². The van der Waals surface area contributed by atoms with Crippen LogP contribution in [-0.4, -0.2) is 29.3 Å². The van der Waals surface area contributed by atoms with Gasteiger partial charge >= 0.3 is 0 Å². The predicted molar refractivity (Wildman–Crippen MR) is 141 cm³/mol. The molecule has 1 aliphatic rings. The van der Waals surface area contributed by atoms with E-state index >= 15 is 4.39 Å². The summed E-state index contributed by atoms with van der Waals surface area (Å²) in [4.78, 5) is 16.3. The number of carbonyl (C=O) groups is 1. The summed E-state index contributed by atoms with van der Waals surface area (Å²) in [6.45, 7) is 6.58. The van der Waals surface area contributed by atoms with Crippen LogP contribution in [0.1, 0.15) is 78.0 Å². The minimum Gasteiger partial charge on any atom is -0.507 e. The third kappa shape index (κ3) is 5.59. The van der Waals surface area contributed by atoms with Gasteiger partial charge in [0.15, 0.2) is 12.0 Å². The average Bonchev–Trinajstić information content (AvgIpc) is 3.38. The number of ketones is 1. The van der Waals surface area contributed by atoms with E-state index in [-0.39, 0.29) is 18.1 Å². The van der Waals surface area contributed by atoms with E-state index in [0.29, 0.717) is 40.5 Å². The van der Waals surface area contributed by atoms with Crippen LogP contribution >= 0.6 is 0 Å². The Kier molecular flexibility index (Phi) is 8.04. The third-order valence-electron chi connectivity index (χ3n) is 6.54. The monoisotopic (exact) mass is 488 g/mol. The number of phenols is 1. The maximum atomic E-state index is 15.4. The molecular weight excluding hydrogens is 455 g/mol. The molecule has 1 heterocycles. The molecule has 0 bridgehead atoms. The molecule has 0 fully saturated rings. The zero-order valence-corrected chi connectivity index (χ0v) is 21.1. The topological polar surface area (TPSA) is 70.9 Å². The Bertz CT molecular complexity index is 1250. The van der Waals surface area contributed by atoms with Gasteiger partial charge in [-0.25, -0.2) is 4.39 Å². The van der Waals surface area contributed by atoms with Gasteiger partial charge in [-0.3, -0.25) is 9.79 Å². The molecule has 36 heavy (non-hydrogen) atoms. The van der Waals surface area contributed by atoms with Crippen molar-refractivity contribution in [3.05, 3.63) is 94.0 Å². The summed E-state index contributed by atoms with van der Waals surface area (Å²) in [5.74, 6) is 1.19. The van der Waals surface area contributed by atoms with Crippen molar-refractivity contribution in [1.82, 2.24) is 5.32 Å². The van der Waals surface area contributed by atoms with Gasteiger partial charge in [0, 0.05) is 17.2 Å². The molecule has 6 heteroatoms. The molecule has 0 saturated heterocycles. The highest BCUT2D eigenvalue weighted by atomic mass is 19.1. The number of aromatic hydroxyl groups is 1. The molecule has 188 valence electrons. The van der Waals surface area contributed by atoms with Gasteiger partial charge in [0.1, 0.15) is 23.9 Å². The summed E-state index contributed by atoms with van der Waals surface area (Å²) in [6, 6.07) is 18.4. The second-order valence-corrected chi connectivity index (χ2v) is 9.20. The molecule has 3 aromatic carbocycles. The normalized spacial score (nSPS) is 15.8. The highest BCUT2D eigenvalue weighted by Crippen LogP contribution is 2.34. The van der Waals surface area contributed by atoms with Crippen LogP contribution in [0, 0.1) is 0 Å². The molecular formula is C30H33FN2O3. The number of nitrogens with one attached hydrogen (secondary N) is 1. The first-order valence-corrected chi connectivity index (χ1v) is 12.5. The second-order valence-electron chi connectivity index (χ2n) is 9.20. The average molecular weight is 489 g/mol. The lowest BCUT2D eigenvalue weighted by molar-refractivity contribution is 0.101. The number of Topliss-reactive ketones (excluding diaryl/α,β-unsaturated/α-hetero) is 1. The van der Waals surface area contributed by atoms with Crippen molar-refractivity contribution < 1.29 is 19.0 Å². The molecule has 2 atom stereocenters. The number of amidine groups is 1. The van der Waals surface area contributed by atoms with Crippen LogP contribution in [0.5, 0.6) is 11.5 Å². The van der Waals surface area contributed by atoms with Crippen molar-refractivity contribution in [2.75, 3.05) is 6.54 Å². The highest BCUT2D eigenvalue weighted by Gasteiger charge is 2.19. The van der Waals surface area contributed by atoms with Crippen molar-refractivity contribution in [3.8, 4) is 11.5 Å². The molecule has 0 spiro atoms. The van der Waals surface area contributed by atoms with Crippen LogP contribution < -0.4 is 10.1 Å². The Morgan fingerprint density at radius 2 is 1.92 bits per heavy atom. The van der Waals surface area contributed by atoms with Crippen molar-refractivity contribution in [1.29, 1.82) is 0 Å². The van der Waals surface area contributed by atoms with Crippen LogP contribution in [0.2, 0.25) is 0 Å². The van der Waals surface area contributed by atoms with Gasteiger partial charge in [-0.1, -0.05) is 62.7 Å². The number of carbonyl (C=O) groups excluding carboxylic acids is 1. The summed E-state index contributed by atoms with van der Waals surface area (Å²) in [5.41, 5.74) is 3.88. The number of benzene rings is 3. The van der Waals surface area contributed by atoms with Crippen LogP contribution in [0.4, 0.5) is 4.39 Å². The molecule has 4 rings (SSSR count). The standard InChI is InChI=1S/C30H33FN2O3/c1-4-7-26-27(15-14-25(19(3)34)29(26)35)36-18-20-10-12-21(13-11-20)28(31)22-8-6-9-23(16-22)30-32-17-24(5-2)33-30/h6,8-16,24,28,35H,4-5,7,17-18H2,1-3H3,(H,32,33)/t24?,28-/m1/s1. The van der Waals surface area contributed by atoms with Gasteiger partial charge in [0.2, 0.25) is 0 Å². The van der Waals surface area contributed by atoms with Gasteiger partial charge in [0.05, 0.1) is 12.1 Å². The van der Waals surface area contributed by atoms with Gasteiger partial charge in [-0.2, -0.15) is 0 Å². The number of alkyl halides is 1. The van der Waals surface area contributed by atoms with E-state index in [2.05, 4.69) is 17.2 Å². The van der Waals surface area contributed by atoms with E-state index < -0.39 is 6.17 Å². The largest absolute Gasteiger partial charge is 0.507 e. The predicted octanol–water partition coefficient (Wildman–Crippen LogP) is 6.31. The molecule has 1 unspecified atom stereocenters. The number of hydrogen-bond donors (Lipinski definition) is 2. The maximum absolute atomic E-state index is 15.4. The summed E-state index contributed by atoms with van der Waals surface area (Å²) < 4.78 is 21.4. The van der Waals surface area contributed by atoms with Crippen molar-refractivity contribution in [2.45, 2.75) is 58.9 Å². The SMILES string of the molecule is CCCc1c(OCc2ccc([C@@H](F)c3cccc(C4=NCC(CC)N4)c3)cc2)ccc(C(C)=O)c1O. The minimum atomic E-state index is -1.25. The fraction of sp³-hybridized carbons (Fsp3) is 0.333.